The van der Waals surface area contributed by atoms with Gasteiger partial charge in [0, 0.05) is 13.3 Å². The quantitative estimate of drug-likeness (QED) is 0.326. The third-order valence-electron chi connectivity index (χ3n) is 2.85. The lowest BCUT2D eigenvalue weighted by Crippen LogP contribution is -2.00. The van der Waals surface area contributed by atoms with Gasteiger partial charge < -0.3 is 4.74 Å². The molecule has 108 valence electrons. The van der Waals surface area contributed by atoms with Crippen LogP contribution in [0.1, 0.15) is 71.6 Å². The molecule has 0 saturated heterocycles. The zero-order chi connectivity index (χ0) is 14.2. The van der Waals surface area contributed by atoms with Crippen LogP contribution >= 0.6 is 0 Å². The van der Waals surface area contributed by atoms with Gasteiger partial charge in [-0.05, 0) is 25.8 Å². The first-order valence-electron chi connectivity index (χ1n) is 7.50. The Bertz CT molecular complexity index is 294. The van der Waals surface area contributed by atoms with Crippen molar-refractivity contribution in [2.24, 2.45) is 0 Å². The SMILES string of the molecule is CC=CC#CCCCCCCCCCCOC(C)=O. The Morgan fingerprint density at radius 1 is 1.00 bits per heavy atom. The largest absolute Gasteiger partial charge is 0.466 e. The molecule has 0 heterocycles. The number of carbonyl (C=O) groups is 1. The molecular weight excluding hydrogens is 236 g/mol. The zero-order valence-corrected chi connectivity index (χ0v) is 12.5. The Hall–Kier alpha value is -1.23. The van der Waals surface area contributed by atoms with Crippen LogP contribution in [-0.4, -0.2) is 12.6 Å². The molecule has 0 amide bonds. The fraction of sp³-hybridized carbons (Fsp3) is 0.706. The van der Waals surface area contributed by atoms with Gasteiger partial charge in [0.25, 0.3) is 0 Å². The number of hydrogen-bond donors (Lipinski definition) is 0. The maximum atomic E-state index is 10.5. The number of rotatable bonds is 10. The highest BCUT2D eigenvalue weighted by molar-refractivity contribution is 5.65. The second-order valence-corrected chi connectivity index (χ2v) is 4.74. The summed E-state index contributed by atoms with van der Waals surface area (Å²) in [6.45, 7) is 4.03. The van der Waals surface area contributed by atoms with E-state index in [4.69, 9.17) is 4.74 Å². The van der Waals surface area contributed by atoms with Gasteiger partial charge in [0.2, 0.25) is 0 Å². The van der Waals surface area contributed by atoms with E-state index < -0.39 is 0 Å². The molecular formula is C17H28O2. The summed E-state index contributed by atoms with van der Waals surface area (Å²) in [6.07, 6.45) is 14.7. The number of unbranched alkanes of at least 4 members (excludes halogenated alkanes) is 8. The third-order valence-corrected chi connectivity index (χ3v) is 2.85. The lowest BCUT2D eigenvalue weighted by molar-refractivity contribution is -0.141. The van der Waals surface area contributed by atoms with Crippen LogP contribution < -0.4 is 0 Å². The van der Waals surface area contributed by atoms with E-state index in [-0.39, 0.29) is 5.97 Å². The number of ether oxygens (including phenoxy) is 1. The van der Waals surface area contributed by atoms with Crippen molar-refractivity contribution >= 4 is 5.97 Å². The normalized spacial score (nSPS) is 10.2. The molecule has 2 nitrogen and oxygen atoms in total. The van der Waals surface area contributed by atoms with Gasteiger partial charge in [0.05, 0.1) is 6.61 Å². The van der Waals surface area contributed by atoms with Gasteiger partial charge in [-0.2, -0.15) is 0 Å². The maximum Gasteiger partial charge on any atom is 0.302 e. The Labute approximate surface area is 118 Å². The van der Waals surface area contributed by atoms with E-state index in [0.29, 0.717) is 6.61 Å². The lowest BCUT2D eigenvalue weighted by atomic mass is 10.1. The first kappa shape index (κ1) is 17.8. The Balaban J connectivity index is 3.07. The van der Waals surface area contributed by atoms with Crippen molar-refractivity contribution in [1.82, 2.24) is 0 Å². The van der Waals surface area contributed by atoms with Gasteiger partial charge in [-0.15, -0.1) is 0 Å². The molecule has 19 heavy (non-hydrogen) atoms. The molecule has 0 aliphatic carbocycles. The van der Waals surface area contributed by atoms with Crippen LogP contribution in [0.2, 0.25) is 0 Å². The van der Waals surface area contributed by atoms with Crippen LogP contribution in [0.5, 0.6) is 0 Å². The van der Waals surface area contributed by atoms with Gasteiger partial charge in [-0.3, -0.25) is 4.79 Å². The minimum Gasteiger partial charge on any atom is -0.466 e. The van der Waals surface area contributed by atoms with Crippen LogP contribution in [0.4, 0.5) is 0 Å². The Morgan fingerprint density at radius 2 is 1.58 bits per heavy atom. The molecule has 0 aliphatic rings. The molecule has 0 fully saturated rings. The molecule has 0 radical (unpaired) electrons. The van der Waals surface area contributed by atoms with E-state index in [9.17, 15) is 4.79 Å². The fourth-order valence-electron chi connectivity index (χ4n) is 1.81. The molecule has 0 aromatic carbocycles. The summed E-state index contributed by atoms with van der Waals surface area (Å²) in [6, 6.07) is 0. The van der Waals surface area contributed by atoms with Gasteiger partial charge in [-0.1, -0.05) is 56.4 Å². The number of esters is 1. The summed E-state index contributed by atoms with van der Waals surface area (Å²) in [5, 5.41) is 0. The summed E-state index contributed by atoms with van der Waals surface area (Å²) in [7, 11) is 0. The second kappa shape index (κ2) is 14.8. The summed E-state index contributed by atoms with van der Waals surface area (Å²) in [5.41, 5.74) is 0. The lowest BCUT2D eigenvalue weighted by Gasteiger charge is -2.02. The van der Waals surface area contributed by atoms with E-state index in [1.54, 1.807) is 0 Å². The topological polar surface area (TPSA) is 26.3 Å². The highest BCUT2D eigenvalue weighted by Crippen LogP contribution is 2.09. The number of allylic oxidation sites excluding steroid dienone is 2. The molecule has 0 aliphatic heterocycles. The van der Waals surface area contributed by atoms with Crippen LogP contribution in [0.25, 0.3) is 0 Å². The van der Waals surface area contributed by atoms with Crippen molar-refractivity contribution in [3.63, 3.8) is 0 Å². The summed E-state index contributed by atoms with van der Waals surface area (Å²) >= 11 is 0. The van der Waals surface area contributed by atoms with Gasteiger partial charge in [-0.25, -0.2) is 0 Å². The van der Waals surface area contributed by atoms with Gasteiger partial charge in [0.15, 0.2) is 0 Å². The molecule has 0 aromatic heterocycles. The standard InChI is InChI=1S/C17H28O2/c1-3-4-5-6-7-8-9-10-11-12-13-14-15-16-19-17(2)18/h3-4H,7-16H2,1-2H3. The van der Waals surface area contributed by atoms with Crippen LogP contribution in [-0.2, 0) is 9.53 Å². The van der Waals surface area contributed by atoms with Crippen molar-refractivity contribution in [3.8, 4) is 11.8 Å². The van der Waals surface area contributed by atoms with E-state index in [1.165, 1.54) is 51.9 Å². The molecule has 0 saturated carbocycles. The van der Waals surface area contributed by atoms with Gasteiger partial charge >= 0.3 is 5.97 Å². The van der Waals surface area contributed by atoms with E-state index >= 15 is 0 Å². The molecule has 2 heteroatoms. The first-order chi connectivity index (χ1) is 9.27. The molecule has 0 N–H and O–H groups in total. The zero-order valence-electron chi connectivity index (χ0n) is 12.5. The predicted octanol–water partition coefficient (Wildman–Crippen LogP) is 4.64. The molecule has 0 atom stereocenters. The highest BCUT2D eigenvalue weighted by atomic mass is 16.5. The van der Waals surface area contributed by atoms with Crippen LogP contribution in [0.15, 0.2) is 12.2 Å². The van der Waals surface area contributed by atoms with Crippen molar-refractivity contribution < 1.29 is 9.53 Å². The fourth-order valence-corrected chi connectivity index (χ4v) is 1.81. The highest BCUT2D eigenvalue weighted by Gasteiger charge is 1.94. The molecule has 0 spiro atoms. The third kappa shape index (κ3) is 16.8. The van der Waals surface area contributed by atoms with Crippen molar-refractivity contribution in [1.29, 1.82) is 0 Å². The average molecular weight is 264 g/mol. The molecule has 0 bridgehead atoms. The first-order valence-corrected chi connectivity index (χ1v) is 7.50. The van der Waals surface area contributed by atoms with Crippen LogP contribution in [0, 0.1) is 11.8 Å². The summed E-state index contributed by atoms with van der Waals surface area (Å²) in [5.74, 6) is 5.98. The van der Waals surface area contributed by atoms with Crippen LogP contribution in [0.3, 0.4) is 0 Å². The minimum atomic E-state index is -0.169. The predicted molar refractivity (Wildman–Crippen MR) is 80.8 cm³/mol. The second-order valence-electron chi connectivity index (χ2n) is 4.74. The molecule has 0 aromatic rings. The summed E-state index contributed by atoms with van der Waals surface area (Å²) < 4.78 is 4.89. The average Bonchev–Trinajstić information content (AvgIpc) is 2.39. The molecule has 0 rings (SSSR count). The summed E-state index contributed by atoms with van der Waals surface area (Å²) in [4.78, 5) is 10.5. The number of carbonyl (C=O) groups excluding carboxylic acids is 1. The van der Waals surface area contributed by atoms with E-state index in [0.717, 1.165) is 12.8 Å². The minimum absolute atomic E-state index is 0.169. The van der Waals surface area contributed by atoms with E-state index in [1.807, 2.05) is 19.1 Å². The van der Waals surface area contributed by atoms with Crippen molar-refractivity contribution in [3.05, 3.63) is 12.2 Å². The number of hydrogen-bond acceptors (Lipinski definition) is 2. The van der Waals surface area contributed by atoms with Gasteiger partial charge in [0.1, 0.15) is 0 Å². The molecule has 0 unspecified atom stereocenters. The maximum absolute atomic E-state index is 10.5. The van der Waals surface area contributed by atoms with Crippen molar-refractivity contribution in [2.45, 2.75) is 71.6 Å². The Kier molecular flexibility index (Phi) is 13.9. The Morgan fingerprint density at radius 3 is 2.16 bits per heavy atom. The monoisotopic (exact) mass is 264 g/mol. The van der Waals surface area contributed by atoms with E-state index in [2.05, 4.69) is 11.8 Å². The van der Waals surface area contributed by atoms with Crippen molar-refractivity contribution in [2.75, 3.05) is 6.61 Å². The smallest absolute Gasteiger partial charge is 0.302 e.